The molecule has 2 N–H and O–H groups in total. The quantitative estimate of drug-likeness (QED) is 0.505. The molecule has 0 aliphatic carbocycles. The summed E-state index contributed by atoms with van der Waals surface area (Å²) in [6.45, 7) is 1.30. The number of thiophene rings is 1. The van der Waals surface area contributed by atoms with Crippen LogP contribution in [0.1, 0.15) is 5.56 Å². The molecule has 2 heterocycles. The first-order chi connectivity index (χ1) is 13.5. The maximum atomic E-state index is 13.2. The summed E-state index contributed by atoms with van der Waals surface area (Å²) in [4.78, 5) is 12.9. The van der Waals surface area contributed by atoms with Gasteiger partial charge in [0.25, 0.3) is 15.9 Å². The van der Waals surface area contributed by atoms with Crippen LogP contribution in [0.2, 0.25) is 0 Å². The molecule has 9 nitrogen and oxygen atoms in total. The van der Waals surface area contributed by atoms with E-state index >= 15 is 0 Å². The van der Waals surface area contributed by atoms with Crippen LogP contribution in [0, 0.1) is 6.92 Å². The van der Waals surface area contributed by atoms with Gasteiger partial charge in [0.15, 0.2) is 0 Å². The number of nitrogens with one attached hydrogen (secondary N) is 1. The maximum absolute atomic E-state index is 13.2. The SMILES string of the molecule is Cc1ccc(-c2ccc(S(=O)(=O)N3CCN(S(C)(=O)=O)C[C@@H]3C(=O)NO)s2)cc1. The van der Waals surface area contributed by atoms with E-state index in [2.05, 4.69) is 0 Å². The van der Waals surface area contributed by atoms with Gasteiger partial charge in [-0.25, -0.2) is 22.3 Å². The lowest BCUT2D eigenvalue weighted by molar-refractivity contribution is -0.134. The van der Waals surface area contributed by atoms with Crippen molar-refractivity contribution in [2.45, 2.75) is 17.2 Å². The second-order valence-corrected chi connectivity index (χ2v) is 11.9. The smallest absolute Gasteiger partial charge is 0.263 e. The van der Waals surface area contributed by atoms with Gasteiger partial charge < -0.3 is 0 Å². The van der Waals surface area contributed by atoms with Gasteiger partial charge in [0.1, 0.15) is 10.3 Å². The monoisotopic (exact) mass is 459 g/mol. The average molecular weight is 460 g/mol. The summed E-state index contributed by atoms with van der Waals surface area (Å²) >= 11 is 1.06. The third-order valence-electron chi connectivity index (χ3n) is 4.66. The first kappa shape index (κ1) is 21.9. The molecule has 3 rings (SSSR count). The zero-order valence-corrected chi connectivity index (χ0v) is 18.2. The van der Waals surface area contributed by atoms with Gasteiger partial charge in [-0.15, -0.1) is 11.3 Å². The highest BCUT2D eigenvalue weighted by atomic mass is 32.2. The molecule has 1 aromatic carbocycles. The van der Waals surface area contributed by atoms with E-state index < -0.39 is 32.0 Å². The van der Waals surface area contributed by atoms with Crippen molar-refractivity contribution >= 4 is 37.3 Å². The van der Waals surface area contributed by atoms with E-state index in [1.807, 2.05) is 31.2 Å². The zero-order chi connectivity index (χ0) is 21.4. The number of aryl methyl sites for hydroxylation is 1. The summed E-state index contributed by atoms with van der Waals surface area (Å²) in [6.07, 6.45) is 0.984. The standard InChI is InChI=1S/C17H21N3O6S3/c1-12-3-5-13(6-4-12)15-7-8-16(27-15)29(25,26)20-10-9-19(28(2,23)24)11-14(20)17(21)18-22/h3-8,14,22H,9-11H2,1-2H3,(H,18,21)/t14-/m1/s1. The first-order valence-electron chi connectivity index (χ1n) is 8.62. The van der Waals surface area contributed by atoms with Gasteiger partial charge in [-0.2, -0.15) is 8.61 Å². The number of sulfonamides is 2. The van der Waals surface area contributed by atoms with E-state index in [1.165, 1.54) is 11.5 Å². The molecule has 158 valence electrons. The van der Waals surface area contributed by atoms with Crippen LogP contribution in [0.5, 0.6) is 0 Å². The summed E-state index contributed by atoms with van der Waals surface area (Å²) in [6, 6.07) is 9.42. The Balaban J connectivity index is 1.93. The number of piperazine rings is 1. The highest BCUT2D eigenvalue weighted by Crippen LogP contribution is 2.33. The zero-order valence-electron chi connectivity index (χ0n) is 15.8. The number of amides is 1. The van der Waals surface area contributed by atoms with E-state index in [-0.39, 0.29) is 23.8 Å². The Morgan fingerprint density at radius 3 is 2.34 bits per heavy atom. The molecule has 0 radical (unpaired) electrons. The van der Waals surface area contributed by atoms with Crippen LogP contribution in [0.3, 0.4) is 0 Å². The Kier molecular flexibility index (Phi) is 6.13. The molecule has 12 heteroatoms. The third-order valence-corrected chi connectivity index (χ3v) is 9.44. The van der Waals surface area contributed by atoms with Crippen LogP contribution in [0.4, 0.5) is 0 Å². The molecule has 1 aliphatic rings. The van der Waals surface area contributed by atoms with Crippen molar-refractivity contribution in [2.75, 3.05) is 25.9 Å². The van der Waals surface area contributed by atoms with Crippen molar-refractivity contribution in [3.05, 3.63) is 42.0 Å². The Morgan fingerprint density at radius 1 is 1.10 bits per heavy atom. The molecule has 2 aromatic rings. The highest BCUT2D eigenvalue weighted by molar-refractivity contribution is 7.91. The predicted octanol–water partition coefficient (Wildman–Crippen LogP) is 0.863. The number of hydroxylamine groups is 1. The fourth-order valence-corrected chi connectivity index (χ4v) is 6.90. The summed E-state index contributed by atoms with van der Waals surface area (Å²) in [5, 5.41) is 9.02. The number of hydrogen-bond acceptors (Lipinski definition) is 7. The van der Waals surface area contributed by atoms with E-state index in [4.69, 9.17) is 5.21 Å². The van der Waals surface area contributed by atoms with Crippen molar-refractivity contribution in [2.24, 2.45) is 0 Å². The fourth-order valence-electron chi connectivity index (χ4n) is 3.07. The number of benzene rings is 1. The Morgan fingerprint density at radius 2 is 1.76 bits per heavy atom. The van der Waals surface area contributed by atoms with E-state index in [0.29, 0.717) is 0 Å². The molecular weight excluding hydrogens is 438 g/mol. The molecule has 0 bridgehead atoms. The topological polar surface area (TPSA) is 124 Å². The van der Waals surface area contributed by atoms with Crippen molar-refractivity contribution in [3.8, 4) is 10.4 Å². The minimum Gasteiger partial charge on any atom is -0.289 e. The molecule has 1 aliphatic heterocycles. The lowest BCUT2D eigenvalue weighted by atomic mass is 10.1. The molecule has 1 aromatic heterocycles. The van der Waals surface area contributed by atoms with Crippen LogP contribution < -0.4 is 5.48 Å². The molecule has 1 atom stereocenters. The lowest BCUT2D eigenvalue weighted by Gasteiger charge is -2.37. The third kappa shape index (κ3) is 4.52. The van der Waals surface area contributed by atoms with E-state index in [9.17, 15) is 21.6 Å². The second kappa shape index (κ2) is 8.13. The normalized spacial score (nSPS) is 19.2. The molecule has 1 fully saturated rings. The maximum Gasteiger partial charge on any atom is 0.263 e. The average Bonchev–Trinajstić information content (AvgIpc) is 3.18. The largest absolute Gasteiger partial charge is 0.289 e. The van der Waals surface area contributed by atoms with Crippen molar-refractivity contribution in [1.82, 2.24) is 14.1 Å². The Hall–Kier alpha value is -1.83. The first-order valence-corrected chi connectivity index (χ1v) is 12.7. The summed E-state index contributed by atoms with van der Waals surface area (Å²) in [7, 11) is -7.69. The Labute approximate surface area is 173 Å². The van der Waals surface area contributed by atoms with Gasteiger partial charge in [-0.1, -0.05) is 29.8 Å². The Bertz CT molecular complexity index is 1110. The minimum atomic E-state index is -4.07. The number of carbonyl (C=O) groups is 1. The molecule has 29 heavy (non-hydrogen) atoms. The minimum absolute atomic E-state index is 0.0385. The molecular formula is C17H21N3O6S3. The number of rotatable bonds is 5. The van der Waals surface area contributed by atoms with E-state index in [1.54, 1.807) is 6.07 Å². The summed E-state index contributed by atoms with van der Waals surface area (Å²) in [5.74, 6) is -0.989. The summed E-state index contributed by atoms with van der Waals surface area (Å²) in [5.41, 5.74) is 3.39. The van der Waals surface area contributed by atoms with Gasteiger partial charge in [-0.05, 0) is 24.6 Å². The van der Waals surface area contributed by atoms with Crippen LogP contribution in [-0.4, -0.2) is 68.5 Å². The molecule has 1 amide bonds. The highest BCUT2D eigenvalue weighted by Gasteiger charge is 2.42. The van der Waals surface area contributed by atoms with Crippen LogP contribution in [0.15, 0.2) is 40.6 Å². The number of carbonyl (C=O) groups excluding carboxylic acids is 1. The predicted molar refractivity (Wildman–Crippen MR) is 109 cm³/mol. The van der Waals surface area contributed by atoms with Gasteiger partial charge in [-0.3, -0.25) is 10.0 Å². The van der Waals surface area contributed by atoms with Gasteiger partial charge in [0.05, 0.1) is 6.26 Å². The van der Waals surface area contributed by atoms with Crippen LogP contribution in [-0.2, 0) is 24.8 Å². The number of nitrogens with zero attached hydrogens (tertiary/aromatic N) is 2. The van der Waals surface area contributed by atoms with Gasteiger partial charge in [0.2, 0.25) is 10.0 Å². The lowest BCUT2D eigenvalue weighted by Crippen LogP contribution is -2.60. The van der Waals surface area contributed by atoms with Crippen LogP contribution in [0.25, 0.3) is 10.4 Å². The van der Waals surface area contributed by atoms with Crippen molar-refractivity contribution < 1.29 is 26.8 Å². The molecule has 0 unspecified atom stereocenters. The van der Waals surface area contributed by atoms with Crippen LogP contribution >= 0.6 is 11.3 Å². The van der Waals surface area contributed by atoms with Crippen molar-refractivity contribution in [1.29, 1.82) is 0 Å². The summed E-state index contributed by atoms with van der Waals surface area (Å²) < 4.78 is 52.0. The fraction of sp³-hybridized carbons (Fsp3) is 0.353. The molecule has 1 saturated heterocycles. The van der Waals surface area contributed by atoms with Gasteiger partial charge in [0, 0.05) is 24.5 Å². The molecule has 0 saturated carbocycles. The van der Waals surface area contributed by atoms with Crippen molar-refractivity contribution in [3.63, 3.8) is 0 Å². The number of hydrogen-bond donors (Lipinski definition) is 2. The van der Waals surface area contributed by atoms with Gasteiger partial charge >= 0.3 is 0 Å². The van der Waals surface area contributed by atoms with E-state index in [0.717, 1.165) is 42.2 Å². The molecule has 0 spiro atoms. The second-order valence-electron chi connectivity index (χ2n) is 6.71.